The summed E-state index contributed by atoms with van der Waals surface area (Å²) in [7, 11) is 0. The van der Waals surface area contributed by atoms with Gasteiger partial charge < -0.3 is 20.4 Å². The fourth-order valence-electron chi connectivity index (χ4n) is 3.01. The molecule has 1 rings (SSSR count). The molecule has 0 fully saturated rings. The topological polar surface area (TPSA) is 80.9 Å². The van der Waals surface area contributed by atoms with Crippen molar-refractivity contribution in [3.05, 3.63) is 33.4 Å². The van der Waals surface area contributed by atoms with Crippen molar-refractivity contribution in [1.82, 2.24) is 0 Å². The molecular weight excluding hydrogens is 560 g/mol. The highest BCUT2D eigenvalue weighted by Gasteiger charge is 2.72. The zero-order valence-corrected chi connectivity index (χ0v) is 16.8. The van der Waals surface area contributed by atoms with E-state index >= 15 is 0 Å². The predicted molar refractivity (Wildman–Crippen MR) is 80.2 cm³/mol. The van der Waals surface area contributed by atoms with Gasteiger partial charge in [0.2, 0.25) is 0 Å². The van der Waals surface area contributed by atoms with Crippen molar-refractivity contribution in [1.29, 1.82) is 0 Å². The Balaban J connectivity index is 4.93. The van der Waals surface area contributed by atoms with Crippen molar-refractivity contribution in [3.8, 4) is 0 Å². The van der Waals surface area contributed by atoms with Gasteiger partial charge in [0.05, 0.1) is 0 Å². The van der Waals surface area contributed by atoms with Gasteiger partial charge in [0, 0.05) is 22.3 Å². The summed E-state index contributed by atoms with van der Waals surface area (Å²) in [5, 5.41) is 33.4. The molecule has 36 heavy (non-hydrogen) atoms. The van der Waals surface area contributed by atoms with Crippen LogP contribution in [0.2, 0.25) is 0 Å². The molecule has 210 valence electrons. The monoisotopic (exact) mass is 570 g/mol. The standard InChI is InChI=1S/C16H10F16O4/c1-3-4(2)6(10(19,20)14(27,28)34)8(12(23,24)16(31,32)36)7(11(21,22)15(29,30)35)5(3)9(17,18)13(25,26)33/h33-36H,1-2H3. The summed E-state index contributed by atoms with van der Waals surface area (Å²) in [4.78, 5) is 0. The largest absolute Gasteiger partial charge is 0.421 e. The van der Waals surface area contributed by atoms with Gasteiger partial charge in [-0.1, -0.05) is 0 Å². The van der Waals surface area contributed by atoms with E-state index in [-0.39, 0.29) is 13.8 Å². The Morgan fingerprint density at radius 3 is 0.611 bits per heavy atom. The van der Waals surface area contributed by atoms with E-state index in [1.807, 2.05) is 0 Å². The van der Waals surface area contributed by atoms with E-state index in [2.05, 4.69) is 0 Å². The Morgan fingerprint density at radius 2 is 0.472 bits per heavy atom. The van der Waals surface area contributed by atoms with Crippen LogP contribution >= 0.6 is 0 Å². The van der Waals surface area contributed by atoms with Gasteiger partial charge in [0.25, 0.3) is 0 Å². The number of halogens is 16. The van der Waals surface area contributed by atoms with Crippen LogP contribution in [0.3, 0.4) is 0 Å². The van der Waals surface area contributed by atoms with E-state index in [4.69, 9.17) is 20.4 Å². The molecule has 0 saturated heterocycles. The highest BCUT2D eigenvalue weighted by Crippen LogP contribution is 2.60. The molecule has 1 aromatic carbocycles. The highest BCUT2D eigenvalue weighted by molar-refractivity contribution is 5.59. The maximum absolute atomic E-state index is 14.4. The van der Waals surface area contributed by atoms with Crippen LogP contribution in [0, 0.1) is 13.8 Å². The average Bonchev–Trinajstić information content (AvgIpc) is 2.58. The fourth-order valence-corrected chi connectivity index (χ4v) is 3.01. The van der Waals surface area contributed by atoms with Crippen LogP contribution in [0.4, 0.5) is 70.2 Å². The Bertz CT molecular complexity index is 931. The summed E-state index contributed by atoms with van der Waals surface area (Å²) in [5.41, 5.74) is -21.1. The first-order valence-electron chi connectivity index (χ1n) is 8.42. The number of hydrogen-bond donors (Lipinski definition) is 4. The summed E-state index contributed by atoms with van der Waals surface area (Å²) >= 11 is 0. The SMILES string of the molecule is Cc1c(C)c(C(F)(F)C(O)(F)F)c(C(F)(F)C(O)(F)F)c(C(F)(F)C(O)(F)F)c1C(F)(F)C(O)(F)F. The number of alkyl halides is 16. The quantitative estimate of drug-likeness (QED) is 0.332. The minimum atomic E-state index is -7.31. The molecule has 0 atom stereocenters. The third-order valence-corrected chi connectivity index (χ3v) is 4.83. The Hall–Kier alpha value is -2.06. The normalized spacial score (nSPS) is 15.5. The Labute approximate surface area is 187 Å². The van der Waals surface area contributed by atoms with E-state index < -0.39 is 81.5 Å². The second-order valence-corrected chi connectivity index (χ2v) is 7.21. The first kappa shape index (κ1) is 32.0. The third kappa shape index (κ3) is 4.55. The Morgan fingerprint density at radius 1 is 0.333 bits per heavy atom. The van der Waals surface area contributed by atoms with E-state index in [0.29, 0.717) is 0 Å². The van der Waals surface area contributed by atoms with Gasteiger partial charge in [-0.15, -0.1) is 0 Å². The minimum Gasteiger partial charge on any atom is -0.331 e. The van der Waals surface area contributed by atoms with Crippen LogP contribution < -0.4 is 0 Å². The van der Waals surface area contributed by atoms with Crippen molar-refractivity contribution >= 4 is 0 Å². The van der Waals surface area contributed by atoms with E-state index in [9.17, 15) is 70.2 Å². The maximum atomic E-state index is 14.4. The van der Waals surface area contributed by atoms with Crippen LogP contribution in [-0.2, 0) is 23.7 Å². The number of hydrogen-bond acceptors (Lipinski definition) is 4. The number of benzene rings is 1. The molecule has 0 heterocycles. The van der Waals surface area contributed by atoms with Gasteiger partial charge >= 0.3 is 48.1 Å². The second kappa shape index (κ2) is 8.22. The average molecular weight is 570 g/mol. The van der Waals surface area contributed by atoms with E-state index in [0.717, 1.165) is 0 Å². The summed E-state index contributed by atoms with van der Waals surface area (Å²) in [6, 6.07) is 0. The molecule has 1 aromatic rings. The van der Waals surface area contributed by atoms with Crippen molar-refractivity contribution in [2.24, 2.45) is 0 Å². The van der Waals surface area contributed by atoms with Gasteiger partial charge in [-0.2, -0.15) is 70.2 Å². The van der Waals surface area contributed by atoms with Gasteiger partial charge in [-0.25, -0.2) is 0 Å². The smallest absolute Gasteiger partial charge is 0.331 e. The molecule has 20 heteroatoms. The van der Waals surface area contributed by atoms with Gasteiger partial charge in [0.1, 0.15) is 0 Å². The first-order valence-corrected chi connectivity index (χ1v) is 8.42. The van der Waals surface area contributed by atoms with Crippen LogP contribution in [0.25, 0.3) is 0 Å². The summed E-state index contributed by atoms with van der Waals surface area (Å²) in [5.74, 6) is -28.3. The van der Waals surface area contributed by atoms with Gasteiger partial charge in [-0.3, -0.25) is 0 Å². The number of rotatable bonds is 8. The lowest BCUT2D eigenvalue weighted by atomic mass is 9.77. The van der Waals surface area contributed by atoms with Crippen LogP contribution in [0.15, 0.2) is 0 Å². The summed E-state index contributed by atoms with van der Waals surface area (Å²) in [6.07, 6.45) is -27.6. The van der Waals surface area contributed by atoms with Crippen molar-refractivity contribution < 1.29 is 90.7 Å². The van der Waals surface area contributed by atoms with Crippen LogP contribution in [0.1, 0.15) is 33.4 Å². The molecule has 0 saturated carbocycles. The molecule has 0 aliphatic heterocycles. The highest BCUT2D eigenvalue weighted by atomic mass is 19.3. The van der Waals surface area contributed by atoms with Crippen molar-refractivity contribution in [2.45, 2.75) is 62.0 Å². The molecule has 0 unspecified atom stereocenters. The lowest BCUT2D eigenvalue weighted by Gasteiger charge is -2.38. The van der Waals surface area contributed by atoms with Crippen molar-refractivity contribution in [3.63, 3.8) is 0 Å². The maximum Gasteiger partial charge on any atom is 0.421 e. The molecule has 0 aliphatic carbocycles. The Kier molecular flexibility index (Phi) is 7.30. The molecule has 0 aromatic heterocycles. The van der Waals surface area contributed by atoms with E-state index in [1.165, 1.54) is 0 Å². The second-order valence-electron chi connectivity index (χ2n) is 7.21. The zero-order valence-electron chi connectivity index (χ0n) is 16.8. The lowest BCUT2D eigenvalue weighted by Crippen LogP contribution is -2.50. The summed E-state index contributed by atoms with van der Waals surface area (Å²) in [6.45, 7) is -0.624. The molecular formula is C16H10F16O4. The van der Waals surface area contributed by atoms with E-state index in [1.54, 1.807) is 0 Å². The fraction of sp³-hybridized carbons (Fsp3) is 0.625. The van der Waals surface area contributed by atoms with Gasteiger partial charge in [0.15, 0.2) is 0 Å². The zero-order chi connectivity index (χ0) is 29.5. The lowest BCUT2D eigenvalue weighted by molar-refractivity contribution is -0.352. The molecule has 0 spiro atoms. The van der Waals surface area contributed by atoms with Crippen LogP contribution in [0.5, 0.6) is 0 Å². The molecule has 4 N–H and O–H groups in total. The van der Waals surface area contributed by atoms with Crippen LogP contribution in [-0.4, -0.2) is 44.9 Å². The summed E-state index contributed by atoms with van der Waals surface area (Å²) < 4.78 is 220. The van der Waals surface area contributed by atoms with Gasteiger partial charge in [-0.05, 0) is 25.0 Å². The predicted octanol–water partition coefficient (Wildman–Crippen LogP) is 5.01. The third-order valence-electron chi connectivity index (χ3n) is 4.83. The molecule has 0 amide bonds. The molecule has 4 nitrogen and oxygen atoms in total. The molecule has 0 aliphatic rings. The first-order chi connectivity index (χ1) is 15.3. The molecule has 0 bridgehead atoms. The number of aliphatic hydroxyl groups is 4. The minimum absolute atomic E-state index is 0.312. The molecule has 0 radical (unpaired) electrons. The van der Waals surface area contributed by atoms with Crippen molar-refractivity contribution in [2.75, 3.05) is 0 Å².